The molecule has 0 amide bonds. The van der Waals surface area contributed by atoms with Gasteiger partial charge in [-0.25, -0.2) is 4.79 Å². The third-order valence-electron chi connectivity index (χ3n) is 5.89. The molecule has 0 bridgehead atoms. The van der Waals surface area contributed by atoms with Crippen molar-refractivity contribution in [2.45, 2.75) is 57.3 Å². The van der Waals surface area contributed by atoms with E-state index in [0.717, 1.165) is 48.2 Å². The predicted octanol–water partition coefficient (Wildman–Crippen LogP) is 5.71. The van der Waals surface area contributed by atoms with Crippen molar-refractivity contribution >= 4 is 11.8 Å². The second-order valence-electron chi connectivity index (χ2n) is 8.81. The Morgan fingerprint density at radius 1 is 0.857 bits per heavy atom. The van der Waals surface area contributed by atoms with Gasteiger partial charge in [0.25, 0.3) is 0 Å². The molecule has 0 atom stereocenters. The van der Waals surface area contributed by atoms with Gasteiger partial charge >= 0.3 is 11.9 Å². The minimum atomic E-state index is -3.74. The van der Waals surface area contributed by atoms with E-state index in [2.05, 4.69) is 27.7 Å². The number of fused-ring (bicyclic) bond motifs is 1. The third kappa shape index (κ3) is 3.34. The number of halogens is 2. The molecule has 0 fully saturated rings. The van der Waals surface area contributed by atoms with E-state index in [-0.39, 0.29) is 22.0 Å². The number of ketones is 1. The van der Waals surface area contributed by atoms with E-state index in [1.807, 2.05) is 0 Å². The number of carbonyl (C=O) groups is 2. The van der Waals surface area contributed by atoms with Crippen molar-refractivity contribution in [2.75, 3.05) is 0 Å². The van der Waals surface area contributed by atoms with Crippen LogP contribution in [0.4, 0.5) is 8.78 Å². The van der Waals surface area contributed by atoms with Crippen molar-refractivity contribution in [1.29, 1.82) is 0 Å². The van der Waals surface area contributed by atoms with Gasteiger partial charge in [-0.3, -0.25) is 4.79 Å². The average Bonchev–Trinajstić information content (AvgIpc) is 2.64. The lowest BCUT2D eigenvalue weighted by atomic mass is 9.63. The summed E-state index contributed by atoms with van der Waals surface area (Å²) < 4.78 is 29.7. The van der Waals surface area contributed by atoms with Crippen molar-refractivity contribution in [3.05, 3.63) is 70.3 Å². The highest BCUT2D eigenvalue weighted by molar-refractivity contribution is 6.02. The molecule has 0 saturated heterocycles. The van der Waals surface area contributed by atoms with Crippen LogP contribution in [0.1, 0.15) is 77.9 Å². The number of hydrogen-bond donors (Lipinski definition) is 1. The van der Waals surface area contributed by atoms with Gasteiger partial charge in [-0.2, -0.15) is 8.78 Å². The number of carboxylic acids is 1. The molecule has 0 radical (unpaired) electrons. The van der Waals surface area contributed by atoms with Crippen LogP contribution in [-0.4, -0.2) is 16.9 Å². The van der Waals surface area contributed by atoms with Gasteiger partial charge in [-0.05, 0) is 53.0 Å². The monoisotopic (exact) mass is 386 g/mol. The largest absolute Gasteiger partial charge is 0.478 e. The maximum Gasteiger partial charge on any atom is 0.335 e. The van der Waals surface area contributed by atoms with E-state index in [1.54, 1.807) is 12.1 Å². The fourth-order valence-electron chi connectivity index (χ4n) is 3.86. The zero-order valence-electron chi connectivity index (χ0n) is 16.5. The Hall–Kier alpha value is -2.56. The van der Waals surface area contributed by atoms with Crippen LogP contribution < -0.4 is 0 Å². The third-order valence-corrected chi connectivity index (χ3v) is 5.89. The molecule has 3 rings (SSSR count). The summed E-state index contributed by atoms with van der Waals surface area (Å²) >= 11 is 0. The van der Waals surface area contributed by atoms with Crippen molar-refractivity contribution < 1.29 is 23.5 Å². The Kier molecular flexibility index (Phi) is 4.69. The zero-order chi connectivity index (χ0) is 20.9. The molecule has 1 aliphatic carbocycles. The summed E-state index contributed by atoms with van der Waals surface area (Å²) in [6.07, 6.45) is 1.91. The van der Waals surface area contributed by atoms with Crippen LogP contribution in [0.25, 0.3) is 0 Å². The molecule has 3 nitrogen and oxygen atoms in total. The van der Waals surface area contributed by atoms with Crippen LogP contribution >= 0.6 is 0 Å². The van der Waals surface area contributed by atoms with Gasteiger partial charge in [0.1, 0.15) is 0 Å². The minimum Gasteiger partial charge on any atom is -0.478 e. The maximum absolute atomic E-state index is 14.8. The predicted molar refractivity (Wildman–Crippen MR) is 103 cm³/mol. The van der Waals surface area contributed by atoms with E-state index in [1.165, 1.54) is 6.07 Å². The Labute approximate surface area is 163 Å². The zero-order valence-corrected chi connectivity index (χ0v) is 16.5. The highest BCUT2D eigenvalue weighted by Crippen LogP contribution is 2.46. The fraction of sp³-hybridized carbons (Fsp3) is 0.391. The molecule has 0 aliphatic heterocycles. The van der Waals surface area contributed by atoms with Crippen LogP contribution in [0.5, 0.6) is 0 Å². The van der Waals surface area contributed by atoms with Gasteiger partial charge in [0.2, 0.25) is 5.78 Å². The summed E-state index contributed by atoms with van der Waals surface area (Å²) in [7, 11) is 0. The molecular formula is C23H24F2O3. The molecule has 2 aromatic carbocycles. The average molecular weight is 386 g/mol. The lowest BCUT2D eigenvalue weighted by molar-refractivity contribution is 0.00739. The number of aromatic carboxylic acids is 1. The van der Waals surface area contributed by atoms with Crippen molar-refractivity contribution in [3.8, 4) is 0 Å². The number of alkyl halides is 2. The number of Topliss-reactive ketones (excluding diaryl/α,β-unsaturated/α-hetero) is 1. The maximum atomic E-state index is 14.8. The lowest BCUT2D eigenvalue weighted by Crippen LogP contribution is -2.34. The molecule has 0 saturated carbocycles. The molecule has 0 heterocycles. The topological polar surface area (TPSA) is 54.4 Å². The first-order chi connectivity index (χ1) is 12.9. The van der Waals surface area contributed by atoms with Crippen LogP contribution in [-0.2, 0) is 16.8 Å². The van der Waals surface area contributed by atoms with Gasteiger partial charge in [0.05, 0.1) is 5.56 Å². The number of carboxylic acid groups (broad SMARTS) is 1. The summed E-state index contributed by atoms with van der Waals surface area (Å²) in [6, 6.07) is 9.03. The van der Waals surface area contributed by atoms with Crippen molar-refractivity contribution in [2.24, 2.45) is 0 Å². The summed E-state index contributed by atoms with van der Waals surface area (Å²) in [6.45, 7) is 8.39. The highest BCUT2D eigenvalue weighted by atomic mass is 19.3. The fourth-order valence-corrected chi connectivity index (χ4v) is 3.86. The Morgan fingerprint density at radius 3 is 1.89 bits per heavy atom. The van der Waals surface area contributed by atoms with Crippen molar-refractivity contribution in [3.63, 3.8) is 0 Å². The Bertz CT molecular complexity index is 941. The summed E-state index contributed by atoms with van der Waals surface area (Å²) in [5, 5.41) is 8.92. The lowest BCUT2D eigenvalue weighted by Gasteiger charge is -2.42. The van der Waals surface area contributed by atoms with Crippen LogP contribution in [0, 0.1) is 0 Å². The molecular weight excluding hydrogens is 362 g/mol. The van der Waals surface area contributed by atoms with Gasteiger partial charge in [-0.15, -0.1) is 0 Å². The van der Waals surface area contributed by atoms with Crippen LogP contribution in [0.2, 0.25) is 0 Å². The molecule has 148 valence electrons. The Morgan fingerprint density at radius 2 is 1.36 bits per heavy atom. The summed E-state index contributed by atoms with van der Waals surface area (Å²) in [5.41, 5.74) is 1.11. The number of benzene rings is 2. The number of rotatable bonds is 4. The first-order valence-corrected chi connectivity index (χ1v) is 9.28. The van der Waals surface area contributed by atoms with E-state index in [0.29, 0.717) is 0 Å². The number of carbonyl (C=O) groups excluding carboxylic acids is 1. The van der Waals surface area contributed by atoms with Gasteiger partial charge in [-0.1, -0.05) is 52.0 Å². The van der Waals surface area contributed by atoms with Crippen LogP contribution in [0.15, 0.2) is 42.5 Å². The molecule has 0 aromatic heterocycles. The first kappa shape index (κ1) is 20.2. The van der Waals surface area contributed by atoms with Gasteiger partial charge < -0.3 is 5.11 Å². The molecule has 2 aromatic rings. The van der Waals surface area contributed by atoms with Gasteiger partial charge in [0.15, 0.2) is 0 Å². The SMILES string of the molecule is CC1(C)CCC(C)(C)c2cc(C(=O)C(F)(F)c3ccc(C(=O)O)cc3)ccc21. The summed E-state index contributed by atoms with van der Waals surface area (Å²) in [4.78, 5) is 23.6. The smallest absolute Gasteiger partial charge is 0.335 e. The molecule has 0 spiro atoms. The second kappa shape index (κ2) is 6.50. The molecule has 0 unspecified atom stereocenters. The van der Waals surface area contributed by atoms with E-state index >= 15 is 0 Å². The van der Waals surface area contributed by atoms with Gasteiger partial charge in [0, 0.05) is 11.1 Å². The van der Waals surface area contributed by atoms with E-state index in [4.69, 9.17) is 5.11 Å². The molecule has 1 aliphatic rings. The Balaban J connectivity index is 2.01. The number of hydrogen-bond acceptors (Lipinski definition) is 2. The van der Waals surface area contributed by atoms with Crippen molar-refractivity contribution in [1.82, 2.24) is 0 Å². The minimum absolute atomic E-state index is 0.0307. The quantitative estimate of drug-likeness (QED) is 0.685. The standard InChI is InChI=1S/C23H24F2O3/c1-21(2)11-12-22(3,4)18-13-15(7-10-17(18)21)19(26)23(24,25)16-8-5-14(6-9-16)20(27)28/h5-10,13H,11-12H2,1-4H3,(H,27,28). The first-order valence-electron chi connectivity index (χ1n) is 9.28. The molecule has 5 heteroatoms. The highest BCUT2D eigenvalue weighted by Gasteiger charge is 2.43. The summed E-state index contributed by atoms with van der Waals surface area (Å²) in [5.74, 6) is -6.22. The second-order valence-corrected chi connectivity index (χ2v) is 8.81. The normalized spacial score (nSPS) is 17.6. The molecule has 28 heavy (non-hydrogen) atoms. The van der Waals surface area contributed by atoms with Crippen LogP contribution in [0.3, 0.4) is 0 Å². The van der Waals surface area contributed by atoms with E-state index in [9.17, 15) is 18.4 Å². The molecule has 1 N–H and O–H groups in total. The van der Waals surface area contributed by atoms with E-state index < -0.39 is 23.2 Å².